The predicted molar refractivity (Wildman–Crippen MR) is 142 cm³/mol. The van der Waals surface area contributed by atoms with E-state index < -0.39 is 0 Å². The molecule has 0 bridgehead atoms. The maximum absolute atomic E-state index is 13.1. The van der Waals surface area contributed by atoms with E-state index in [4.69, 9.17) is 4.74 Å². The van der Waals surface area contributed by atoms with Crippen molar-refractivity contribution in [2.24, 2.45) is 13.0 Å². The number of tetrazole rings is 1. The normalized spacial score (nSPS) is 25.0. The molecule has 0 spiro atoms. The highest BCUT2D eigenvalue weighted by Crippen LogP contribution is 2.37. The zero-order valence-corrected chi connectivity index (χ0v) is 21.8. The van der Waals surface area contributed by atoms with E-state index in [2.05, 4.69) is 52.7 Å². The van der Waals surface area contributed by atoms with Crippen molar-refractivity contribution >= 4 is 23.1 Å². The number of ether oxygens (including phenoxy) is 1. The molecule has 3 aromatic rings. The Morgan fingerprint density at radius 2 is 1.95 bits per heavy atom. The van der Waals surface area contributed by atoms with E-state index in [9.17, 15) is 4.79 Å². The summed E-state index contributed by atoms with van der Waals surface area (Å²) in [5.74, 6) is 1.57. The predicted octanol–water partition coefficient (Wildman–Crippen LogP) is 1.01. The first-order chi connectivity index (χ1) is 18.5. The number of carbonyl (C=O) groups is 1. The summed E-state index contributed by atoms with van der Waals surface area (Å²) < 4.78 is 5.78. The van der Waals surface area contributed by atoms with Crippen molar-refractivity contribution in [3.63, 3.8) is 0 Å². The van der Waals surface area contributed by atoms with Crippen LogP contribution in [0, 0.1) is 5.92 Å². The van der Waals surface area contributed by atoms with Crippen LogP contribution in [-0.2, 0) is 11.8 Å². The molecule has 38 heavy (non-hydrogen) atoms. The Balaban J connectivity index is 1.23. The smallest absolute Gasteiger partial charge is 0.244 e. The Kier molecular flexibility index (Phi) is 6.45. The number of nitrogens with one attached hydrogen (secondary N) is 4. The highest BCUT2D eigenvalue weighted by atomic mass is 16.5. The Morgan fingerprint density at radius 3 is 2.66 bits per heavy atom. The molecule has 13 heteroatoms. The molecule has 5 heterocycles. The van der Waals surface area contributed by atoms with Gasteiger partial charge in [-0.25, -0.2) is 10.4 Å². The molecule has 0 radical (unpaired) electrons. The molecule has 1 amide bonds. The third-order valence-corrected chi connectivity index (χ3v) is 7.46. The fraction of sp³-hybridized carbons (Fsp3) is 0.480. The summed E-state index contributed by atoms with van der Waals surface area (Å²) in [5, 5.41) is 24.6. The van der Waals surface area contributed by atoms with E-state index in [-0.39, 0.29) is 30.2 Å². The standard InChI is InChI=1S/C25H33N11O2/c1-34-25(37)21-18(27-17-8-6-7-16(22(17)38-3)23-30-33-35(2)32-23)13-20(29-24(21)31-34)28-19-10-9-15(14-26-19)36-11-4-5-12-36/h6-10,14,18,20-21,24,27,29,31H,4-5,11-13H2,1-3H3,(H,26,28). The number of amides is 1. The van der Waals surface area contributed by atoms with Crippen molar-refractivity contribution in [3.05, 3.63) is 36.5 Å². The number of anilines is 3. The van der Waals surface area contributed by atoms with Gasteiger partial charge in [0.2, 0.25) is 11.7 Å². The number of hydrogen-bond donors (Lipinski definition) is 4. The lowest BCUT2D eigenvalue weighted by Gasteiger charge is -2.39. The largest absolute Gasteiger partial charge is 0.494 e. The van der Waals surface area contributed by atoms with Crippen LogP contribution in [0.5, 0.6) is 5.75 Å². The average Bonchev–Trinajstić information content (AvgIpc) is 3.66. The van der Waals surface area contributed by atoms with E-state index in [1.165, 1.54) is 17.6 Å². The third-order valence-electron chi connectivity index (χ3n) is 7.46. The summed E-state index contributed by atoms with van der Waals surface area (Å²) in [6.07, 6.45) is 4.65. The van der Waals surface area contributed by atoms with Crippen molar-refractivity contribution < 1.29 is 9.53 Å². The number of benzene rings is 1. The van der Waals surface area contributed by atoms with Crippen molar-refractivity contribution in [2.75, 3.05) is 42.8 Å². The Bertz CT molecular complexity index is 1290. The van der Waals surface area contributed by atoms with Crippen LogP contribution in [0.2, 0.25) is 0 Å². The number of para-hydroxylation sites is 1. The molecule has 4 unspecified atom stereocenters. The number of rotatable bonds is 7. The zero-order chi connectivity index (χ0) is 26.2. The molecule has 3 aliphatic rings. The fourth-order valence-electron chi connectivity index (χ4n) is 5.65. The Hall–Kier alpha value is -3.97. The summed E-state index contributed by atoms with van der Waals surface area (Å²) in [5.41, 5.74) is 5.89. The highest BCUT2D eigenvalue weighted by molar-refractivity contribution is 5.83. The molecule has 0 aliphatic carbocycles. The number of aryl methyl sites for hydroxylation is 1. The van der Waals surface area contributed by atoms with E-state index >= 15 is 0 Å². The Morgan fingerprint density at radius 1 is 1.11 bits per heavy atom. The van der Waals surface area contributed by atoms with Gasteiger partial charge in [-0.2, -0.15) is 4.80 Å². The third kappa shape index (κ3) is 4.58. The summed E-state index contributed by atoms with van der Waals surface area (Å²) in [6.45, 7) is 2.17. The summed E-state index contributed by atoms with van der Waals surface area (Å²) in [6, 6.07) is 9.69. The molecule has 2 aromatic heterocycles. The van der Waals surface area contributed by atoms with Crippen molar-refractivity contribution in [1.29, 1.82) is 0 Å². The zero-order valence-electron chi connectivity index (χ0n) is 21.8. The van der Waals surface area contributed by atoms with Gasteiger partial charge in [0, 0.05) is 32.6 Å². The second-order valence-corrected chi connectivity index (χ2v) is 9.96. The summed E-state index contributed by atoms with van der Waals surface area (Å²) >= 11 is 0. The first-order valence-electron chi connectivity index (χ1n) is 13.0. The van der Waals surface area contributed by atoms with Gasteiger partial charge >= 0.3 is 0 Å². The molecular weight excluding hydrogens is 486 g/mol. The topological polar surface area (TPSA) is 137 Å². The van der Waals surface area contributed by atoms with Gasteiger partial charge in [0.05, 0.1) is 55.5 Å². The molecular formula is C25H33N11O2. The van der Waals surface area contributed by atoms with Crippen LogP contribution in [-0.4, -0.2) is 81.7 Å². The van der Waals surface area contributed by atoms with Gasteiger partial charge in [-0.3, -0.25) is 15.1 Å². The van der Waals surface area contributed by atoms with E-state index in [1.807, 2.05) is 30.5 Å². The van der Waals surface area contributed by atoms with Gasteiger partial charge < -0.3 is 20.3 Å². The minimum atomic E-state index is -0.313. The van der Waals surface area contributed by atoms with E-state index in [1.54, 1.807) is 26.2 Å². The maximum atomic E-state index is 13.1. The van der Waals surface area contributed by atoms with Gasteiger partial charge in [-0.1, -0.05) is 6.07 Å². The van der Waals surface area contributed by atoms with Crippen LogP contribution in [0.1, 0.15) is 19.3 Å². The first-order valence-corrected chi connectivity index (χ1v) is 13.0. The van der Waals surface area contributed by atoms with Crippen LogP contribution in [0.15, 0.2) is 36.5 Å². The number of fused-ring (bicyclic) bond motifs is 1. The second-order valence-electron chi connectivity index (χ2n) is 9.96. The fourth-order valence-corrected chi connectivity index (χ4v) is 5.65. The number of nitrogens with zero attached hydrogens (tertiary/aromatic N) is 7. The van der Waals surface area contributed by atoms with Gasteiger partial charge in [-0.15, -0.1) is 10.2 Å². The van der Waals surface area contributed by atoms with Crippen molar-refractivity contribution in [3.8, 4) is 17.1 Å². The van der Waals surface area contributed by atoms with Gasteiger partial charge in [0.25, 0.3) is 0 Å². The minimum Gasteiger partial charge on any atom is -0.494 e. The van der Waals surface area contributed by atoms with Crippen LogP contribution in [0.3, 0.4) is 0 Å². The number of hydrazine groups is 1. The number of piperidine rings is 1. The van der Waals surface area contributed by atoms with Crippen molar-refractivity contribution in [1.82, 2.24) is 40.9 Å². The molecule has 3 fully saturated rings. The Labute approximate surface area is 220 Å². The second kappa shape index (κ2) is 10.1. The number of pyridine rings is 1. The average molecular weight is 520 g/mol. The summed E-state index contributed by atoms with van der Waals surface area (Å²) in [7, 11) is 5.09. The van der Waals surface area contributed by atoms with Gasteiger partial charge in [0.15, 0.2) is 5.75 Å². The lowest BCUT2D eigenvalue weighted by atomic mass is 9.88. The SMILES string of the molecule is COc1c(NC2CC(Nc3ccc(N4CCCC4)cn3)NC3NN(C)C(=O)C23)cccc1-c1nnn(C)n1. The molecule has 4 N–H and O–H groups in total. The molecule has 200 valence electrons. The maximum Gasteiger partial charge on any atom is 0.244 e. The molecule has 13 nitrogen and oxygen atoms in total. The lowest BCUT2D eigenvalue weighted by molar-refractivity contribution is -0.131. The minimum absolute atomic E-state index is 0.0252. The molecule has 3 saturated heterocycles. The monoisotopic (exact) mass is 519 g/mol. The molecule has 3 aliphatic heterocycles. The summed E-state index contributed by atoms with van der Waals surface area (Å²) in [4.78, 5) is 21.5. The van der Waals surface area contributed by atoms with Crippen LogP contribution in [0.25, 0.3) is 11.4 Å². The number of hydrogen-bond acceptors (Lipinski definition) is 11. The lowest BCUT2D eigenvalue weighted by Crippen LogP contribution is -2.60. The highest BCUT2D eigenvalue weighted by Gasteiger charge is 2.48. The molecule has 4 atom stereocenters. The molecule has 1 aromatic carbocycles. The molecule has 6 rings (SSSR count). The number of aromatic nitrogens is 5. The van der Waals surface area contributed by atoms with Crippen LogP contribution in [0.4, 0.5) is 17.2 Å². The van der Waals surface area contributed by atoms with Crippen molar-refractivity contribution in [2.45, 2.75) is 37.6 Å². The van der Waals surface area contributed by atoms with Gasteiger partial charge in [0.1, 0.15) is 5.82 Å². The van der Waals surface area contributed by atoms with E-state index in [0.717, 1.165) is 35.8 Å². The van der Waals surface area contributed by atoms with E-state index in [0.29, 0.717) is 18.0 Å². The van der Waals surface area contributed by atoms with Gasteiger partial charge in [-0.05, 0) is 42.3 Å². The van der Waals surface area contributed by atoms with Crippen LogP contribution < -0.4 is 31.0 Å². The number of methoxy groups -OCH3 is 1. The quantitative estimate of drug-likeness (QED) is 0.356. The molecule has 0 saturated carbocycles. The van der Waals surface area contributed by atoms with Crippen LogP contribution >= 0.6 is 0 Å². The number of carbonyl (C=O) groups excluding carboxylic acids is 1. The first kappa shape index (κ1) is 24.4.